The zero-order valence-electron chi connectivity index (χ0n) is 16.5. The van der Waals surface area contributed by atoms with Gasteiger partial charge in [-0.25, -0.2) is 13.4 Å². The zero-order chi connectivity index (χ0) is 20.6. The average molecular weight is 413 g/mol. The normalized spacial score (nSPS) is 17.4. The summed E-state index contributed by atoms with van der Waals surface area (Å²) in [4.78, 5) is 22.3. The van der Waals surface area contributed by atoms with Gasteiger partial charge in [-0.05, 0) is 38.1 Å². The van der Waals surface area contributed by atoms with Gasteiger partial charge in [0.2, 0.25) is 10.0 Å². The lowest BCUT2D eigenvalue weighted by molar-refractivity contribution is 0.141. The van der Waals surface area contributed by atoms with Crippen molar-refractivity contribution in [2.45, 2.75) is 24.8 Å². The topological polar surface area (TPSA) is 86.4 Å². The molecule has 2 aromatic carbocycles. The van der Waals surface area contributed by atoms with E-state index in [0.717, 1.165) is 5.56 Å². The van der Waals surface area contributed by atoms with E-state index >= 15 is 0 Å². The van der Waals surface area contributed by atoms with Gasteiger partial charge in [-0.3, -0.25) is 9.69 Å². The lowest BCUT2D eigenvalue weighted by Gasteiger charge is -2.37. The second kappa shape index (κ2) is 7.70. The molecule has 0 amide bonds. The fraction of sp³-hybridized carbons (Fsp3) is 0.333. The van der Waals surface area contributed by atoms with Gasteiger partial charge in [0, 0.05) is 26.2 Å². The number of hydrogen-bond donors (Lipinski definition) is 1. The summed E-state index contributed by atoms with van der Waals surface area (Å²) in [6, 6.07) is 14.1. The predicted octanol–water partition coefficient (Wildman–Crippen LogP) is 2.30. The van der Waals surface area contributed by atoms with E-state index in [-0.39, 0.29) is 11.6 Å². The SMILES string of the molecule is Cc1ccc(S(=O)(=O)N2CCN([C@@H](C)c3nc4ccccc4c(=O)[nH]3)CC2)cc1. The van der Waals surface area contributed by atoms with Crippen molar-refractivity contribution >= 4 is 20.9 Å². The number of aromatic amines is 1. The van der Waals surface area contributed by atoms with Crippen LogP contribution >= 0.6 is 0 Å². The van der Waals surface area contributed by atoms with Crippen LogP contribution in [0.2, 0.25) is 0 Å². The molecule has 2 heterocycles. The Morgan fingerprint density at radius 3 is 2.34 bits per heavy atom. The van der Waals surface area contributed by atoms with Crippen molar-refractivity contribution in [3.05, 3.63) is 70.3 Å². The number of benzene rings is 2. The lowest BCUT2D eigenvalue weighted by Crippen LogP contribution is -2.49. The molecule has 1 aliphatic rings. The number of rotatable bonds is 4. The maximum Gasteiger partial charge on any atom is 0.258 e. The van der Waals surface area contributed by atoms with Gasteiger partial charge in [-0.15, -0.1) is 0 Å². The van der Waals surface area contributed by atoms with E-state index in [4.69, 9.17) is 0 Å². The Morgan fingerprint density at radius 2 is 1.66 bits per heavy atom. The Kier molecular flexibility index (Phi) is 5.24. The van der Waals surface area contributed by atoms with Crippen LogP contribution in [0.1, 0.15) is 24.4 Å². The van der Waals surface area contributed by atoms with Crippen LogP contribution in [-0.4, -0.2) is 53.8 Å². The number of nitrogens with zero attached hydrogens (tertiary/aromatic N) is 3. The standard InChI is InChI=1S/C21H24N4O3S/c1-15-7-9-17(10-8-15)29(27,28)25-13-11-24(12-14-25)16(2)20-22-19-6-4-3-5-18(19)21(26)23-20/h3-10,16H,11-14H2,1-2H3,(H,22,23,26)/t16-/m0/s1. The summed E-state index contributed by atoms with van der Waals surface area (Å²) < 4.78 is 27.3. The van der Waals surface area contributed by atoms with Crippen molar-refractivity contribution in [2.24, 2.45) is 0 Å². The number of aryl methyl sites for hydroxylation is 1. The smallest absolute Gasteiger partial charge is 0.258 e. The van der Waals surface area contributed by atoms with Gasteiger partial charge in [0.25, 0.3) is 5.56 Å². The van der Waals surface area contributed by atoms with Crippen LogP contribution in [0.25, 0.3) is 10.9 Å². The van der Waals surface area contributed by atoms with E-state index < -0.39 is 10.0 Å². The Balaban J connectivity index is 1.49. The maximum absolute atomic E-state index is 12.9. The molecule has 29 heavy (non-hydrogen) atoms. The summed E-state index contributed by atoms with van der Waals surface area (Å²) in [6.07, 6.45) is 0. The van der Waals surface area contributed by atoms with Crippen molar-refractivity contribution < 1.29 is 8.42 Å². The van der Waals surface area contributed by atoms with Crippen LogP contribution < -0.4 is 5.56 Å². The number of sulfonamides is 1. The second-order valence-electron chi connectivity index (χ2n) is 7.40. The minimum absolute atomic E-state index is 0.114. The van der Waals surface area contributed by atoms with Crippen molar-refractivity contribution in [3.8, 4) is 0 Å². The molecule has 1 N–H and O–H groups in total. The van der Waals surface area contributed by atoms with E-state index in [1.165, 1.54) is 4.31 Å². The van der Waals surface area contributed by atoms with Crippen LogP contribution in [0.5, 0.6) is 0 Å². The van der Waals surface area contributed by atoms with Gasteiger partial charge >= 0.3 is 0 Å². The van der Waals surface area contributed by atoms with Crippen molar-refractivity contribution in [1.82, 2.24) is 19.2 Å². The Bertz CT molecular complexity index is 1180. The summed E-state index contributed by atoms with van der Waals surface area (Å²) in [5, 5.41) is 0.567. The average Bonchev–Trinajstić information content (AvgIpc) is 2.73. The summed E-state index contributed by atoms with van der Waals surface area (Å²) in [6.45, 7) is 5.86. The molecule has 0 spiro atoms. The van der Waals surface area contributed by atoms with Gasteiger partial charge in [-0.2, -0.15) is 4.31 Å². The quantitative estimate of drug-likeness (QED) is 0.711. The third-order valence-corrected chi connectivity index (χ3v) is 7.42. The first-order valence-corrected chi connectivity index (χ1v) is 11.1. The molecule has 0 saturated carbocycles. The molecule has 4 rings (SSSR count). The van der Waals surface area contributed by atoms with Crippen LogP contribution in [0.3, 0.4) is 0 Å². The van der Waals surface area contributed by atoms with E-state index in [9.17, 15) is 13.2 Å². The number of piperazine rings is 1. The molecule has 1 saturated heterocycles. The van der Waals surface area contributed by atoms with Crippen LogP contribution in [0.4, 0.5) is 0 Å². The molecule has 0 radical (unpaired) electrons. The highest BCUT2D eigenvalue weighted by atomic mass is 32.2. The molecule has 8 heteroatoms. The number of H-pyrrole nitrogens is 1. The van der Waals surface area contributed by atoms with Gasteiger partial charge in [-0.1, -0.05) is 29.8 Å². The first kappa shape index (κ1) is 19.8. The lowest BCUT2D eigenvalue weighted by atomic mass is 10.2. The third-order valence-electron chi connectivity index (χ3n) is 5.51. The summed E-state index contributed by atoms with van der Waals surface area (Å²) >= 11 is 0. The largest absolute Gasteiger partial charge is 0.309 e. The fourth-order valence-corrected chi connectivity index (χ4v) is 5.09. The molecule has 0 bridgehead atoms. The third kappa shape index (κ3) is 3.83. The number of aromatic nitrogens is 2. The van der Waals surface area contributed by atoms with Crippen LogP contribution in [0.15, 0.2) is 58.2 Å². The van der Waals surface area contributed by atoms with E-state index in [0.29, 0.717) is 47.8 Å². The molecule has 1 aromatic heterocycles. The molecular weight excluding hydrogens is 388 g/mol. The maximum atomic E-state index is 12.9. The molecule has 1 aliphatic heterocycles. The number of fused-ring (bicyclic) bond motifs is 1. The molecule has 7 nitrogen and oxygen atoms in total. The molecule has 0 unspecified atom stereocenters. The van der Waals surface area contributed by atoms with E-state index in [1.807, 2.05) is 44.2 Å². The first-order valence-electron chi connectivity index (χ1n) is 9.66. The van der Waals surface area contributed by atoms with Gasteiger partial charge in [0.15, 0.2) is 0 Å². The fourth-order valence-electron chi connectivity index (χ4n) is 3.67. The van der Waals surface area contributed by atoms with Crippen molar-refractivity contribution in [3.63, 3.8) is 0 Å². The molecule has 1 atom stereocenters. The van der Waals surface area contributed by atoms with Crippen molar-refractivity contribution in [2.75, 3.05) is 26.2 Å². The Morgan fingerprint density at radius 1 is 1.00 bits per heavy atom. The van der Waals surface area contributed by atoms with Gasteiger partial charge < -0.3 is 4.98 Å². The zero-order valence-corrected chi connectivity index (χ0v) is 17.3. The van der Waals surface area contributed by atoms with Crippen LogP contribution in [-0.2, 0) is 10.0 Å². The minimum Gasteiger partial charge on any atom is -0.309 e. The van der Waals surface area contributed by atoms with Gasteiger partial charge in [0.05, 0.1) is 21.8 Å². The van der Waals surface area contributed by atoms with E-state index in [2.05, 4.69) is 14.9 Å². The second-order valence-corrected chi connectivity index (χ2v) is 9.34. The van der Waals surface area contributed by atoms with Crippen LogP contribution in [0, 0.1) is 6.92 Å². The number of para-hydroxylation sites is 1. The van der Waals surface area contributed by atoms with E-state index in [1.54, 1.807) is 18.2 Å². The summed E-state index contributed by atoms with van der Waals surface area (Å²) in [5.74, 6) is 0.601. The molecule has 0 aliphatic carbocycles. The number of hydrogen-bond acceptors (Lipinski definition) is 5. The first-order chi connectivity index (χ1) is 13.9. The highest BCUT2D eigenvalue weighted by molar-refractivity contribution is 7.89. The molecule has 1 fully saturated rings. The molecule has 152 valence electrons. The Labute approximate surface area is 170 Å². The monoisotopic (exact) mass is 412 g/mol. The van der Waals surface area contributed by atoms with Crippen molar-refractivity contribution in [1.29, 1.82) is 0 Å². The Hall–Kier alpha value is -2.55. The van der Waals surface area contributed by atoms with Gasteiger partial charge in [0.1, 0.15) is 5.82 Å². The summed E-state index contributed by atoms with van der Waals surface area (Å²) in [5.41, 5.74) is 1.54. The summed E-state index contributed by atoms with van der Waals surface area (Å²) in [7, 11) is -3.49. The highest BCUT2D eigenvalue weighted by Gasteiger charge is 2.31. The highest BCUT2D eigenvalue weighted by Crippen LogP contribution is 2.23. The predicted molar refractivity (Wildman–Crippen MR) is 112 cm³/mol. The number of nitrogens with one attached hydrogen (secondary N) is 1. The molecule has 3 aromatic rings. The molecular formula is C21H24N4O3S. The minimum atomic E-state index is -3.49.